The Labute approximate surface area is 69.0 Å². The van der Waals surface area contributed by atoms with Crippen LogP contribution in [0.15, 0.2) is 24.3 Å². The van der Waals surface area contributed by atoms with Crippen LogP contribution in [0.3, 0.4) is 0 Å². The lowest BCUT2D eigenvalue weighted by atomic mass is 10.1. The maximum Gasteiger partial charge on any atom is 0.165 e. The summed E-state index contributed by atoms with van der Waals surface area (Å²) >= 11 is 0. The topological polar surface area (TPSA) is 37.3 Å². The summed E-state index contributed by atoms with van der Waals surface area (Å²) in [6.07, 6.45) is 1.59. The Kier molecular flexibility index (Phi) is 2.62. The van der Waals surface area contributed by atoms with Crippen molar-refractivity contribution >= 4 is 5.94 Å². The van der Waals surface area contributed by atoms with E-state index in [1.165, 1.54) is 18.2 Å². The van der Waals surface area contributed by atoms with Crippen molar-refractivity contribution in [3.8, 4) is 5.75 Å². The Hall–Kier alpha value is -1.60. The number of aromatic hydroxyl groups is 1. The highest BCUT2D eigenvalue weighted by Gasteiger charge is 1.99. The molecule has 0 atom stereocenters. The van der Waals surface area contributed by atoms with Crippen LogP contribution >= 0.6 is 0 Å². The smallest absolute Gasteiger partial charge is 0.165 e. The summed E-state index contributed by atoms with van der Waals surface area (Å²) in [4.78, 5) is 9.81. The van der Waals surface area contributed by atoms with Gasteiger partial charge in [0.1, 0.15) is 5.94 Å². The minimum absolute atomic E-state index is 0.334. The van der Waals surface area contributed by atoms with Gasteiger partial charge in [0, 0.05) is 12.5 Å². The molecule has 3 heteroatoms. The lowest BCUT2D eigenvalue weighted by Crippen LogP contribution is -1.83. The molecule has 0 unspecified atom stereocenters. The summed E-state index contributed by atoms with van der Waals surface area (Å²) < 4.78 is 12.6. The van der Waals surface area contributed by atoms with Gasteiger partial charge in [-0.1, -0.05) is 6.07 Å². The van der Waals surface area contributed by atoms with Crippen LogP contribution in [0, 0.1) is 5.82 Å². The van der Waals surface area contributed by atoms with Gasteiger partial charge in [-0.25, -0.2) is 9.18 Å². The van der Waals surface area contributed by atoms with Crippen LogP contribution in [-0.2, 0) is 11.2 Å². The van der Waals surface area contributed by atoms with Crippen LogP contribution < -0.4 is 0 Å². The van der Waals surface area contributed by atoms with E-state index in [9.17, 15) is 9.18 Å². The van der Waals surface area contributed by atoms with Gasteiger partial charge in [-0.3, -0.25) is 0 Å². The van der Waals surface area contributed by atoms with Crippen molar-refractivity contribution in [2.75, 3.05) is 0 Å². The van der Waals surface area contributed by atoms with Crippen molar-refractivity contribution in [2.24, 2.45) is 0 Å². The molecule has 0 saturated carbocycles. The first kappa shape index (κ1) is 8.50. The molecule has 2 nitrogen and oxygen atoms in total. The molecule has 0 bridgehead atoms. The highest BCUT2D eigenvalue weighted by atomic mass is 19.1. The predicted molar refractivity (Wildman–Crippen MR) is 42.0 cm³/mol. The first-order chi connectivity index (χ1) is 5.74. The summed E-state index contributed by atoms with van der Waals surface area (Å²) in [5, 5.41) is 8.81. The molecule has 0 amide bonds. The largest absolute Gasteiger partial charge is 0.505 e. The molecular formula is C9H7FO2. The van der Waals surface area contributed by atoms with Crippen LogP contribution in [0.5, 0.6) is 5.75 Å². The van der Waals surface area contributed by atoms with E-state index in [2.05, 4.69) is 0 Å². The standard InChI is InChI=1S/C9H7FO2/c10-8-6-7(2-1-5-11)3-4-9(8)12/h1,3-4,6,12H,2H2. The number of halogens is 1. The van der Waals surface area contributed by atoms with Gasteiger partial charge in [0.2, 0.25) is 0 Å². The van der Waals surface area contributed by atoms with Gasteiger partial charge >= 0.3 is 0 Å². The molecular weight excluding hydrogens is 159 g/mol. The zero-order valence-corrected chi connectivity index (χ0v) is 6.25. The Morgan fingerprint density at radius 2 is 2.33 bits per heavy atom. The number of rotatable bonds is 2. The Morgan fingerprint density at radius 3 is 2.92 bits per heavy atom. The van der Waals surface area contributed by atoms with E-state index in [0.29, 0.717) is 12.0 Å². The van der Waals surface area contributed by atoms with E-state index in [1.54, 1.807) is 12.0 Å². The molecule has 1 aromatic rings. The molecule has 0 aliphatic rings. The number of phenols is 1. The SMILES string of the molecule is O=C=CCc1ccc(O)c(F)c1. The molecule has 1 N–H and O–H groups in total. The van der Waals surface area contributed by atoms with Gasteiger partial charge in [0.25, 0.3) is 0 Å². The zero-order valence-electron chi connectivity index (χ0n) is 6.25. The van der Waals surface area contributed by atoms with Crippen molar-refractivity contribution in [3.05, 3.63) is 35.7 Å². The highest BCUT2D eigenvalue weighted by molar-refractivity contribution is 5.46. The monoisotopic (exact) mass is 166 g/mol. The summed E-state index contributed by atoms with van der Waals surface area (Å²) in [6.45, 7) is 0. The molecule has 0 aliphatic carbocycles. The number of benzene rings is 1. The fourth-order valence-corrected chi connectivity index (χ4v) is 0.837. The quantitative estimate of drug-likeness (QED) is 0.675. The maximum absolute atomic E-state index is 12.6. The molecule has 1 aromatic carbocycles. The fourth-order valence-electron chi connectivity index (χ4n) is 0.837. The van der Waals surface area contributed by atoms with Crippen LogP contribution in [0.25, 0.3) is 0 Å². The number of hydrogen-bond acceptors (Lipinski definition) is 2. The minimum atomic E-state index is -0.674. The minimum Gasteiger partial charge on any atom is -0.505 e. The summed E-state index contributed by atoms with van der Waals surface area (Å²) in [5.74, 6) is 0.535. The molecule has 1 rings (SSSR count). The Bertz CT molecular complexity index is 327. The Morgan fingerprint density at radius 1 is 1.58 bits per heavy atom. The van der Waals surface area contributed by atoms with Crippen LogP contribution in [0.4, 0.5) is 4.39 Å². The van der Waals surface area contributed by atoms with Gasteiger partial charge in [-0.15, -0.1) is 0 Å². The number of carbonyl (C=O) groups excluding carboxylic acids is 1. The molecule has 0 fully saturated rings. The highest BCUT2D eigenvalue weighted by Crippen LogP contribution is 2.16. The van der Waals surface area contributed by atoms with Crippen LogP contribution in [0.1, 0.15) is 5.56 Å². The third-order valence-electron chi connectivity index (χ3n) is 1.43. The van der Waals surface area contributed by atoms with Crippen molar-refractivity contribution in [2.45, 2.75) is 6.42 Å². The van der Waals surface area contributed by atoms with Gasteiger partial charge in [0.05, 0.1) is 0 Å². The molecule has 62 valence electrons. The molecule has 0 spiro atoms. The van der Waals surface area contributed by atoms with Gasteiger partial charge in [0.15, 0.2) is 11.6 Å². The molecule has 0 aliphatic heterocycles. The van der Waals surface area contributed by atoms with Gasteiger partial charge in [-0.05, 0) is 17.7 Å². The second kappa shape index (κ2) is 3.69. The first-order valence-corrected chi connectivity index (χ1v) is 3.41. The van der Waals surface area contributed by atoms with Gasteiger partial charge < -0.3 is 5.11 Å². The van der Waals surface area contributed by atoms with Crippen molar-refractivity contribution in [3.63, 3.8) is 0 Å². The lowest BCUT2D eigenvalue weighted by Gasteiger charge is -1.97. The summed E-state index contributed by atoms with van der Waals surface area (Å²) in [5.41, 5.74) is 0.633. The average Bonchev–Trinajstić information content (AvgIpc) is 2.07. The van der Waals surface area contributed by atoms with Crippen molar-refractivity contribution in [1.29, 1.82) is 0 Å². The third kappa shape index (κ3) is 1.94. The Balaban J connectivity index is 2.89. The van der Waals surface area contributed by atoms with Crippen molar-refractivity contribution < 1.29 is 14.3 Å². The third-order valence-corrected chi connectivity index (χ3v) is 1.43. The molecule has 0 saturated heterocycles. The average molecular weight is 166 g/mol. The van der Waals surface area contributed by atoms with Crippen LogP contribution in [0.2, 0.25) is 0 Å². The van der Waals surface area contributed by atoms with E-state index in [4.69, 9.17) is 5.11 Å². The molecule has 0 aromatic heterocycles. The number of phenolic OH excluding ortho intramolecular Hbond substituents is 1. The van der Waals surface area contributed by atoms with E-state index >= 15 is 0 Å². The van der Waals surface area contributed by atoms with E-state index in [-0.39, 0.29) is 5.75 Å². The number of hydrogen-bond donors (Lipinski definition) is 1. The zero-order chi connectivity index (χ0) is 8.97. The predicted octanol–water partition coefficient (Wildman–Crippen LogP) is 1.46. The number of allylic oxidation sites excluding steroid dienone is 1. The molecule has 0 radical (unpaired) electrons. The van der Waals surface area contributed by atoms with Gasteiger partial charge in [-0.2, -0.15) is 0 Å². The van der Waals surface area contributed by atoms with E-state index in [0.717, 1.165) is 0 Å². The molecule has 0 heterocycles. The maximum atomic E-state index is 12.6. The normalized spacial score (nSPS) is 9.08. The fraction of sp³-hybridized carbons (Fsp3) is 0.111. The van der Waals surface area contributed by atoms with Crippen molar-refractivity contribution in [1.82, 2.24) is 0 Å². The second-order valence-corrected chi connectivity index (χ2v) is 2.31. The van der Waals surface area contributed by atoms with E-state index in [1.807, 2.05) is 0 Å². The summed E-state index contributed by atoms with van der Waals surface area (Å²) in [6, 6.07) is 3.98. The van der Waals surface area contributed by atoms with Crippen LogP contribution in [-0.4, -0.2) is 11.0 Å². The van der Waals surface area contributed by atoms with E-state index < -0.39 is 5.82 Å². The molecule has 12 heavy (non-hydrogen) atoms. The first-order valence-electron chi connectivity index (χ1n) is 3.41. The second-order valence-electron chi connectivity index (χ2n) is 2.31. The summed E-state index contributed by atoms with van der Waals surface area (Å²) in [7, 11) is 0. The lowest BCUT2D eigenvalue weighted by molar-refractivity contribution is 0.432.